The van der Waals surface area contributed by atoms with Crippen molar-refractivity contribution in [2.45, 2.75) is 51.6 Å². The maximum Gasteiger partial charge on any atom is 0.188 e. The van der Waals surface area contributed by atoms with Crippen LogP contribution in [0.4, 0.5) is 0 Å². The van der Waals surface area contributed by atoms with E-state index in [1.165, 1.54) is 32.4 Å². The highest BCUT2D eigenvalue weighted by molar-refractivity contribution is 14.0. The summed E-state index contributed by atoms with van der Waals surface area (Å²) in [6.07, 6.45) is 5.19. The zero-order valence-electron chi connectivity index (χ0n) is 11.6. The van der Waals surface area contributed by atoms with Crippen LogP contribution < -0.4 is 11.1 Å². The Balaban J connectivity index is 0.00000162. The fourth-order valence-electron chi connectivity index (χ4n) is 2.41. The van der Waals surface area contributed by atoms with E-state index in [4.69, 9.17) is 5.73 Å². The molecule has 3 N–H and O–H groups in total. The lowest BCUT2D eigenvalue weighted by molar-refractivity contribution is 0.315. The number of nitrogens with one attached hydrogen (secondary N) is 1. The van der Waals surface area contributed by atoms with Crippen LogP contribution in [0.1, 0.15) is 39.5 Å². The van der Waals surface area contributed by atoms with Crippen molar-refractivity contribution in [3.63, 3.8) is 0 Å². The van der Waals surface area contributed by atoms with E-state index in [1.54, 1.807) is 0 Å². The zero-order valence-corrected chi connectivity index (χ0v) is 13.9. The van der Waals surface area contributed by atoms with Crippen LogP contribution in [-0.2, 0) is 0 Å². The van der Waals surface area contributed by atoms with Crippen LogP contribution in [0, 0.1) is 5.92 Å². The second-order valence-electron chi connectivity index (χ2n) is 5.56. The Hall–Kier alpha value is -0.0400. The summed E-state index contributed by atoms with van der Waals surface area (Å²) in [5.41, 5.74) is 5.86. The van der Waals surface area contributed by atoms with Crippen LogP contribution in [0.15, 0.2) is 4.99 Å². The molecule has 0 spiro atoms. The molecule has 2 fully saturated rings. The van der Waals surface area contributed by atoms with Gasteiger partial charge in [-0.05, 0) is 45.1 Å². The van der Waals surface area contributed by atoms with Gasteiger partial charge in [-0.2, -0.15) is 0 Å². The Morgan fingerprint density at radius 3 is 2.78 bits per heavy atom. The number of aliphatic imine (C=N–C) groups is 1. The Labute approximate surface area is 128 Å². The first-order valence-corrected chi connectivity index (χ1v) is 6.99. The van der Waals surface area contributed by atoms with Crippen molar-refractivity contribution in [3.05, 3.63) is 0 Å². The molecule has 106 valence electrons. The number of rotatable bonds is 5. The molecule has 1 aliphatic heterocycles. The van der Waals surface area contributed by atoms with Gasteiger partial charge in [0.15, 0.2) is 5.96 Å². The van der Waals surface area contributed by atoms with Crippen molar-refractivity contribution in [1.29, 1.82) is 0 Å². The van der Waals surface area contributed by atoms with Crippen LogP contribution in [-0.4, -0.2) is 42.6 Å². The highest BCUT2D eigenvalue weighted by Crippen LogP contribution is 2.31. The first-order chi connectivity index (χ1) is 8.19. The lowest BCUT2D eigenvalue weighted by Gasteiger charge is -2.14. The van der Waals surface area contributed by atoms with Gasteiger partial charge in [-0.1, -0.05) is 6.92 Å². The van der Waals surface area contributed by atoms with Gasteiger partial charge in [0.2, 0.25) is 0 Å². The number of hydrogen-bond donors (Lipinski definition) is 2. The summed E-state index contributed by atoms with van der Waals surface area (Å²) in [4.78, 5) is 7.09. The molecule has 0 aromatic carbocycles. The molecule has 0 bridgehead atoms. The molecular formula is C13H27IN4. The Morgan fingerprint density at radius 1 is 1.44 bits per heavy atom. The smallest absolute Gasteiger partial charge is 0.188 e. The van der Waals surface area contributed by atoms with E-state index in [0.29, 0.717) is 17.9 Å². The van der Waals surface area contributed by atoms with Crippen molar-refractivity contribution in [2.75, 3.05) is 19.6 Å². The average Bonchev–Trinajstić information content (AvgIpc) is 3.06. The average molecular weight is 366 g/mol. The summed E-state index contributed by atoms with van der Waals surface area (Å²) in [7, 11) is 0. The highest BCUT2D eigenvalue weighted by Gasteiger charge is 2.34. The van der Waals surface area contributed by atoms with Gasteiger partial charge in [0, 0.05) is 25.2 Å². The van der Waals surface area contributed by atoms with E-state index in [0.717, 1.165) is 19.0 Å². The fraction of sp³-hybridized carbons (Fsp3) is 0.923. The molecule has 2 unspecified atom stereocenters. The lowest BCUT2D eigenvalue weighted by atomic mass is 10.1. The third-order valence-corrected chi connectivity index (χ3v) is 3.91. The lowest BCUT2D eigenvalue weighted by Crippen LogP contribution is -2.38. The topological polar surface area (TPSA) is 53.6 Å². The third-order valence-electron chi connectivity index (χ3n) is 3.91. The maximum atomic E-state index is 5.86. The summed E-state index contributed by atoms with van der Waals surface area (Å²) in [6.45, 7) is 7.66. The molecular weight excluding hydrogens is 339 g/mol. The Bertz CT molecular complexity index is 278. The molecule has 5 heteroatoms. The minimum Gasteiger partial charge on any atom is -0.370 e. The molecule has 1 aliphatic carbocycles. The normalized spacial score (nSPS) is 26.8. The van der Waals surface area contributed by atoms with Crippen LogP contribution in [0.25, 0.3) is 0 Å². The van der Waals surface area contributed by atoms with Crippen molar-refractivity contribution in [3.8, 4) is 0 Å². The minimum atomic E-state index is 0. The Morgan fingerprint density at radius 2 is 2.17 bits per heavy atom. The molecule has 0 aromatic heterocycles. The zero-order chi connectivity index (χ0) is 12.3. The Kier molecular flexibility index (Phi) is 6.70. The number of guanidine groups is 1. The van der Waals surface area contributed by atoms with Gasteiger partial charge < -0.3 is 16.0 Å². The number of nitrogens with two attached hydrogens (primary N) is 1. The van der Waals surface area contributed by atoms with Gasteiger partial charge in [-0.15, -0.1) is 24.0 Å². The molecule has 2 atom stereocenters. The monoisotopic (exact) mass is 366 g/mol. The van der Waals surface area contributed by atoms with E-state index in [1.807, 2.05) is 0 Å². The summed E-state index contributed by atoms with van der Waals surface area (Å²) in [5.74, 6) is 1.33. The molecule has 1 saturated heterocycles. The second-order valence-corrected chi connectivity index (χ2v) is 5.56. The molecule has 0 aromatic rings. The molecule has 4 nitrogen and oxygen atoms in total. The van der Waals surface area contributed by atoms with Crippen LogP contribution in [0.5, 0.6) is 0 Å². The fourth-order valence-corrected chi connectivity index (χ4v) is 2.41. The SMILES string of the molecule is CCC(C)NC(N)=NCC1CCN(C2CC2)C1.I. The molecule has 2 rings (SSSR count). The molecule has 2 aliphatic rings. The van der Waals surface area contributed by atoms with E-state index in [-0.39, 0.29) is 24.0 Å². The summed E-state index contributed by atoms with van der Waals surface area (Å²) < 4.78 is 0. The predicted octanol–water partition coefficient (Wildman–Crippen LogP) is 1.79. The number of likely N-dealkylation sites (tertiary alicyclic amines) is 1. The van der Waals surface area contributed by atoms with Crippen LogP contribution in [0.2, 0.25) is 0 Å². The predicted molar refractivity (Wildman–Crippen MR) is 87.5 cm³/mol. The summed E-state index contributed by atoms with van der Waals surface area (Å²) >= 11 is 0. The van der Waals surface area contributed by atoms with Gasteiger partial charge in [0.05, 0.1) is 0 Å². The van der Waals surface area contributed by atoms with E-state index in [9.17, 15) is 0 Å². The summed E-state index contributed by atoms with van der Waals surface area (Å²) in [5, 5.41) is 3.21. The quantitative estimate of drug-likeness (QED) is 0.443. The van der Waals surface area contributed by atoms with Gasteiger partial charge >= 0.3 is 0 Å². The first-order valence-electron chi connectivity index (χ1n) is 6.99. The first kappa shape index (κ1) is 16.0. The molecule has 1 saturated carbocycles. The van der Waals surface area contributed by atoms with Crippen molar-refractivity contribution in [2.24, 2.45) is 16.6 Å². The van der Waals surface area contributed by atoms with Gasteiger partial charge in [0.25, 0.3) is 0 Å². The number of nitrogens with zero attached hydrogens (tertiary/aromatic N) is 2. The maximum absolute atomic E-state index is 5.86. The van der Waals surface area contributed by atoms with E-state index < -0.39 is 0 Å². The van der Waals surface area contributed by atoms with Gasteiger partial charge in [-0.25, -0.2) is 0 Å². The molecule has 0 radical (unpaired) electrons. The van der Waals surface area contributed by atoms with Gasteiger partial charge in [-0.3, -0.25) is 4.99 Å². The summed E-state index contributed by atoms with van der Waals surface area (Å²) in [6, 6.07) is 1.32. The van der Waals surface area contributed by atoms with Crippen LogP contribution >= 0.6 is 24.0 Å². The molecule has 0 amide bonds. The number of halogens is 1. The van der Waals surface area contributed by atoms with Crippen molar-refractivity contribution >= 4 is 29.9 Å². The van der Waals surface area contributed by atoms with Gasteiger partial charge in [0.1, 0.15) is 0 Å². The van der Waals surface area contributed by atoms with E-state index >= 15 is 0 Å². The minimum absolute atomic E-state index is 0. The molecule has 18 heavy (non-hydrogen) atoms. The second kappa shape index (κ2) is 7.53. The van der Waals surface area contributed by atoms with Crippen molar-refractivity contribution < 1.29 is 0 Å². The molecule has 1 heterocycles. The van der Waals surface area contributed by atoms with Crippen molar-refractivity contribution in [1.82, 2.24) is 10.2 Å². The van der Waals surface area contributed by atoms with E-state index in [2.05, 4.69) is 29.1 Å². The van der Waals surface area contributed by atoms with Crippen LogP contribution in [0.3, 0.4) is 0 Å². The number of hydrogen-bond acceptors (Lipinski definition) is 2. The largest absolute Gasteiger partial charge is 0.370 e. The third kappa shape index (κ3) is 4.91. The highest BCUT2D eigenvalue weighted by atomic mass is 127. The standard InChI is InChI=1S/C13H26N4.HI/c1-3-10(2)16-13(14)15-8-11-6-7-17(9-11)12-4-5-12;/h10-12H,3-9H2,1-2H3,(H3,14,15,16);1H.